The van der Waals surface area contributed by atoms with Crippen LogP contribution in [0.5, 0.6) is 0 Å². The standard InChI is InChI=1S/C22H26O3/c1-17-10-12-19(13-11-17)16-25-20-9-6-14-22(20,21(23)24-2)15-18-7-4-3-5-8-18/h3-5,7-8,10-13,20H,6,9,14-16H2,1-2H3. The lowest BCUT2D eigenvalue weighted by atomic mass is 9.78. The molecule has 0 aromatic heterocycles. The van der Waals surface area contributed by atoms with Crippen LogP contribution in [0.15, 0.2) is 54.6 Å². The van der Waals surface area contributed by atoms with Gasteiger partial charge in [0, 0.05) is 0 Å². The van der Waals surface area contributed by atoms with Crippen molar-refractivity contribution in [3.63, 3.8) is 0 Å². The van der Waals surface area contributed by atoms with E-state index in [-0.39, 0.29) is 12.1 Å². The topological polar surface area (TPSA) is 35.5 Å². The summed E-state index contributed by atoms with van der Waals surface area (Å²) >= 11 is 0. The van der Waals surface area contributed by atoms with Crippen LogP contribution in [0.1, 0.15) is 36.0 Å². The maximum absolute atomic E-state index is 12.7. The molecule has 0 radical (unpaired) electrons. The van der Waals surface area contributed by atoms with Crippen molar-refractivity contribution >= 4 is 5.97 Å². The minimum atomic E-state index is -0.583. The molecule has 2 atom stereocenters. The molecule has 2 aromatic carbocycles. The van der Waals surface area contributed by atoms with Crippen molar-refractivity contribution in [1.29, 1.82) is 0 Å². The van der Waals surface area contributed by atoms with Crippen LogP contribution < -0.4 is 0 Å². The third-order valence-corrected chi connectivity index (χ3v) is 5.23. The summed E-state index contributed by atoms with van der Waals surface area (Å²) in [6.07, 6.45) is 3.25. The van der Waals surface area contributed by atoms with E-state index in [0.29, 0.717) is 13.0 Å². The normalized spacial score (nSPS) is 22.7. The summed E-state index contributed by atoms with van der Waals surface area (Å²) in [5.41, 5.74) is 2.94. The largest absolute Gasteiger partial charge is 0.469 e. The van der Waals surface area contributed by atoms with E-state index in [1.54, 1.807) is 0 Å². The first-order chi connectivity index (χ1) is 12.1. The molecule has 0 spiro atoms. The number of rotatable bonds is 6. The van der Waals surface area contributed by atoms with Crippen molar-refractivity contribution in [2.45, 2.75) is 45.3 Å². The summed E-state index contributed by atoms with van der Waals surface area (Å²) in [4.78, 5) is 12.7. The number of hydrogen-bond donors (Lipinski definition) is 0. The van der Waals surface area contributed by atoms with Crippen LogP contribution in [0.25, 0.3) is 0 Å². The number of carbonyl (C=O) groups is 1. The van der Waals surface area contributed by atoms with Crippen LogP contribution in [0.2, 0.25) is 0 Å². The third kappa shape index (κ3) is 3.93. The summed E-state index contributed by atoms with van der Waals surface area (Å²) in [6.45, 7) is 2.60. The molecule has 1 aliphatic carbocycles. The third-order valence-electron chi connectivity index (χ3n) is 5.23. The lowest BCUT2D eigenvalue weighted by Crippen LogP contribution is -2.42. The molecule has 2 unspecified atom stereocenters. The highest BCUT2D eigenvalue weighted by atomic mass is 16.5. The molecule has 0 aliphatic heterocycles. The van der Waals surface area contributed by atoms with E-state index in [0.717, 1.165) is 30.4 Å². The second kappa shape index (κ2) is 7.83. The smallest absolute Gasteiger partial charge is 0.314 e. The molecule has 0 bridgehead atoms. The van der Waals surface area contributed by atoms with E-state index < -0.39 is 5.41 Å². The molecule has 25 heavy (non-hydrogen) atoms. The minimum Gasteiger partial charge on any atom is -0.469 e. The van der Waals surface area contributed by atoms with Gasteiger partial charge in [-0.2, -0.15) is 0 Å². The van der Waals surface area contributed by atoms with Gasteiger partial charge in [0.2, 0.25) is 0 Å². The highest BCUT2D eigenvalue weighted by molar-refractivity contribution is 5.78. The van der Waals surface area contributed by atoms with E-state index in [2.05, 4.69) is 43.3 Å². The van der Waals surface area contributed by atoms with Gasteiger partial charge >= 0.3 is 5.97 Å². The maximum atomic E-state index is 12.7. The Morgan fingerprint density at radius 3 is 2.48 bits per heavy atom. The van der Waals surface area contributed by atoms with Crippen molar-refractivity contribution in [2.24, 2.45) is 5.41 Å². The Balaban J connectivity index is 1.78. The zero-order valence-electron chi connectivity index (χ0n) is 15.0. The number of hydrogen-bond acceptors (Lipinski definition) is 3. The zero-order valence-corrected chi connectivity index (χ0v) is 15.0. The second-order valence-corrected chi connectivity index (χ2v) is 6.99. The summed E-state index contributed by atoms with van der Waals surface area (Å²) in [5, 5.41) is 0. The van der Waals surface area contributed by atoms with Crippen LogP contribution in [0, 0.1) is 12.3 Å². The summed E-state index contributed by atoms with van der Waals surface area (Å²) < 4.78 is 11.4. The second-order valence-electron chi connectivity index (χ2n) is 6.99. The number of ether oxygens (including phenoxy) is 2. The fourth-order valence-electron chi connectivity index (χ4n) is 3.84. The van der Waals surface area contributed by atoms with Gasteiger partial charge in [0.1, 0.15) is 0 Å². The van der Waals surface area contributed by atoms with Gasteiger partial charge in [0.05, 0.1) is 25.2 Å². The first-order valence-corrected chi connectivity index (χ1v) is 8.93. The van der Waals surface area contributed by atoms with Gasteiger partial charge in [-0.05, 0) is 43.7 Å². The van der Waals surface area contributed by atoms with Crippen molar-refractivity contribution in [1.82, 2.24) is 0 Å². The predicted molar refractivity (Wildman–Crippen MR) is 98.2 cm³/mol. The molecule has 1 aliphatic rings. The van der Waals surface area contributed by atoms with Crippen LogP contribution in [0.3, 0.4) is 0 Å². The quantitative estimate of drug-likeness (QED) is 0.729. The Labute approximate surface area is 150 Å². The molecule has 3 heteroatoms. The highest BCUT2D eigenvalue weighted by Crippen LogP contribution is 2.44. The van der Waals surface area contributed by atoms with Crippen LogP contribution in [0.4, 0.5) is 0 Å². The first kappa shape index (κ1) is 17.7. The van der Waals surface area contributed by atoms with E-state index >= 15 is 0 Å². The fourth-order valence-corrected chi connectivity index (χ4v) is 3.84. The minimum absolute atomic E-state index is 0.110. The van der Waals surface area contributed by atoms with E-state index in [9.17, 15) is 4.79 Å². The first-order valence-electron chi connectivity index (χ1n) is 8.93. The fraction of sp³-hybridized carbons (Fsp3) is 0.409. The van der Waals surface area contributed by atoms with Crippen LogP contribution >= 0.6 is 0 Å². The summed E-state index contributed by atoms with van der Waals surface area (Å²) in [7, 11) is 1.48. The van der Waals surface area contributed by atoms with Gasteiger partial charge in [-0.3, -0.25) is 4.79 Å². The Hall–Kier alpha value is -2.13. The molecule has 1 fully saturated rings. The maximum Gasteiger partial charge on any atom is 0.314 e. The molecule has 0 heterocycles. The average Bonchev–Trinajstić information content (AvgIpc) is 3.05. The molecular formula is C22H26O3. The molecule has 0 amide bonds. The Bertz CT molecular complexity index is 693. The van der Waals surface area contributed by atoms with Gasteiger partial charge in [0.15, 0.2) is 0 Å². The lowest BCUT2D eigenvalue weighted by molar-refractivity contribution is -0.162. The van der Waals surface area contributed by atoms with E-state index in [1.807, 2.05) is 18.2 Å². The number of methoxy groups -OCH3 is 1. The Morgan fingerprint density at radius 2 is 1.80 bits per heavy atom. The van der Waals surface area contributed by atoms with Gasteiger partial charge in [-0.25, -0.2) is 0 Å². The number of carbonyl (C=O) groups excluding carboxylic acids is 1. The van der Waals surface area contributed by atoms with Crippen LogP contribution in [-0.2, 0) is 27.3 Å². The van der Waals surface area contributed by atoms with Crippen LogP contribution in [-0.4, -0.2) is 19.2 Å². The lowest BCUT2D eigenvalue weighted by Gasteiger charge is -2.33. The SMILES string of the molecule is COC(=O)C1(Cc2ccccc2)CCCC1OCc1ccc(C)cc1. The number of aryl methyl sites for hydroxylation is 1. The molecule has 0 N–H and O–H groups in total. The van der Waals surface area contributed by atoms with E-state index in [1.165, 1.54) is 12.7 Å². The van der Waals surface area contributed by atoms with Crippen molar-refractivity contribution in [3.05, 3.63) is 71.3 Å². The van der Waals surface area contributed by atoms with Gasteiger partial charge in [-0.1, -0.05) is 60.2 Å². The zero-order chi connectivity index (χ0) is 17.7. The Kier molecular flexibility index (Phi) is 5.54. The van der Waals surface area contributed by atoms with Gasteiger partial charge in [0.25, 0.3) is 0 Å². The number of benzene rings is 2. The Morgan fingerprint density at radius 1 is 1.08 bits per heavy atom. The monoisotopic (exact) mass is 338 g/mol. The molecule has 3 rings (SSSR count). The predicted octanol–water partition coefficient (Wildman–Crippen LogP) is 4.47. The molecule has 132 valence electrons. The molecular weight excluding hydrogens is 312 g/mol. The van der Waals surface area contributed by atoms with Crippen molar-refractivity contribution in [3.8, 4) is 0 Å². The molecule has 3 nitrogen and oxygen atoms in total. The van der Waals surface area contributed by atoms with Crippen molar-refractivity contribution in [2.75, 3.05) is 7.11 Å². The summed E-state index contributed by atoms with van der Waals surface area (Å²) in [6, 6.07) is 18.5. The summed E-state index contributed by atoms with van der Waals surface area (Å²) in [5.74, 6) is -0.150. The number of esters is 1. The molecule has 0 saturated heterocycles. The van der Waals surface area contributed by atoms with E-state index in [4.69, 9.17) is 9.47 Å². The molecule has 2 aromatic rings. The average molecular weight is 338 g/mol. The van der Waals surface area contributed by atoms with Gasteiger partial charge < -0.3 is 9.47 Å². The highest BCUT2D eigenvalue weighted by Gasteiger charge is 2.50. The van der Waals surface area contributed by atoms with Crippen molar-refractivity contribution < 1.29 is 14.3 Å². The molecule has 1 saturated carbocycles. The van der Waals surface area contributed by atoms with Gasteiger partial charge in [-0.15, -0.1) is 0 Å².